The van der Waals surface area contributed by atoms with E-state index in [9.17, 15) is 0 Å². The molecule has 1 atom stereocenters. The van der Waals surface area contributed by atoms with Crippen LogP contribution in [0.4, 0.5) is 0 Å². The largest absolute Gasteiger partial charge is 0.395 e. The SMILES string of the molecule is CCC(CO)NCc1cc(-c2cccs2)cs1. The maximum Gasteiger partial charge on any atom is 0.0584 e. The third-order valence-electron chi connectivity index (χ3n) is 2.74. The maximum absolute atomic E-state index is 9.10. The molecule has 2 nitrogen and oxygen atoms in total. The summed E-state index contributed by atoms with van der Waals surface area (Å²) in [5.41, 5.74) is 1.30. The number of nitrogens with one attached hydrogen (secondary N) is 1. The van der Waals surface area contributed by atoms with E-state index in [4.69, 9.17) is 5.11 Å². The van der Waals surface area contributed by atoms with Crippen molar-refractivity contribution >= 4 is 22.7 Å². The molecule has 2 heterocycles. The van der Waals surface area contributed by atoms with Crippen LogP contribution in [0, 0.1) is 0 Å². The van der Waals surface area contributed by atoms with Gasteiger partial charge in [0.1, 0.15) is 0 Å². The van der Waals surface area contributed by atoms with Crippen LogP contribution in [0.3, 0.4) is 0 Å². The van der Waals surface area contributed by atoms with Crippen molar-refractivity contribution < 1.29 is 5.11 Å². The molecule has 2 aromatic rings. The molecule has 2 rings (SSSR count). The Kier molecular flexibility index (Phi) is 4.74. The van der Waals surface area contributed by atoms with Crippen LogP contribution >= 0.6 is 22.7 Å². The van der Waals surface area contributed by atoms with E-state index in [1.807, 2.05) is 0 Å². The molecule has 0 amide bonds. The predicted octanol–water partition coefficient (Wildman–Crippen LogP) is 3.34. The topological polar surface area (TPSA) is 32.3 Å². The van der Waals surface area contributed by atoms with Crippen LogP contribution < -0.4 is 5.32 Å². The van der Waals surface area contributed by atoms with Crippen LogP contribution in [0.2, 0.25) is 0 Å². The molecule has 2 N–H and O–H groups in total. The molecule has 0 spiro atoms. The first-order valence-corrected chi connectivity index (χ1v) is 7.55. The van der Waals surface area contributed by atoms with Crippen molar-refractivity contribution in [1.29, 1.82) is 0 Å². The van der Waals surface area contributed by atoms with Gasteiger partial charge in [0.25, 0.3) is 0 Å². The molecule has 4 heteroatoms. The summed E-state index contributed by atoms with van der Waals surface area (Å²) in [6, 6.07) is 6.66. The van der Waals surface area contributed by atoms with Gasteiger partial charge in [0.15, 0.2) is 0 Å². The minimum Gasteiger partial charge on any atom is -0.395 e. The molecule has 0 fully saturated rings. The Morgan fingerprint density at radius 2 is 2.29 bits per heavy atom. The van der Waals surface area contributed by atoms with E-state index in [1.165, 1.54) is 15.3 Å². The Morgan fingerprint density at radius 1 is 1.41 bits per heavy atom. The average molecular weight is 267 g/mol. The quantitative estimate of drug-likeness (QED) is 0.841. The van der Waals surface area contributed by atoms with E-state index in [-0.39, 0.29) is 12.6 Å². The van der Waals surface area contributed by atoms with Gasteiger partial charge < -0.3 is 10.4 Å². The van der Waals surface area contributed by atoms with Crippen molar-refractivity contribution in [2.24, 2.45) is 0 Å². The summed E-state index contributed by atoms with van der Waals surface area (Å²) < 4.78 is 0. The van der Waals surface area contributed by atoms with E-state index < -0.39 is 0 Å². The summed E-state index contributed by atoms with van der Waals surface area (Å²) in [6.07, 6.45) is 0.958. The summed E-state index contributed by atoms with van der Waals surface area (Å²) in [6.45, 7) is 3.13. The fraction of sp³-hybridized carbons (Fsp3) is 0.385. The first-order chi connectivity index (χ1) is 8.33. The van der Waals surface area contributed by atoms with E-state index in [0.717, 1.165) is 13.0 Å². The molecular weight excluding hydrogens is 250 g/mol. The molecule has 0 radical (unpaired) electrons. The maximum atomic E-state index is 9.10. The minimum absolute atomic E-state index is 0.208. The Hall–Kier alpha value is -0.680. The molecule has 0 aliphatic rings. The highest BCUT2D eigenvalue weighted by molar-refractivity contribution is 7.14. The van der Waals surface area contributed by atoms with Crippen molar-refractivity contribution in [3.05, 3.63) is 33.8 Å². The van der Waals surface area contributed by atoms with Crippen molar-refractivity contribution in [2.75, 3.05) is 6.61 Å². The molecule has 17 heavy (non-hydrogen) atoms. The molecule has 0 saturated carbocycles. The molecule has 0 saturated heterocycles. The van der Waals surface area contributed by atoms with Gasteiger partial charge in [-0.05, 0) is 29.3 Å². The van der Waals surface area contributed by atoms with Crippen LogP contribution in [0.15, 0.2) is 29.0 Å². The van der Waals surface area contributed by atoms with E-state index in [0.29, 0.717) is 0 Å². The number of hydrogen-bond acceptors (Lipinski definition) is 4. The summed E-state index contributed by atoms with van der Waals surface area (Å²) >= 11 is 3.54. The van der Waals surface area contributed by atoms with Gasteiger partial charge in [0, 0.05) is 27.9 Å². The van der Waals surface area contributed by atoms with Crippen molar-refractivity contribution in [3.8, 4) is 10.4 Å². The third-order valence-corrected chi connectivity index (χ3v) is 4.59. The number of hydrogen-bond donors (Lipinski definition) is 2. The normalized spacial score (nSPS) is 12.8. The Bertz CT molecular complexity index is 432. The first-order valence-electron chi connectivity index (χ1n) is 5.79. The fourth-order valence-corrected chi connectivity index (χ4v) is 3.25. The lowest BCUT2D eigenvalue weighted by atomic mass is 10.2. The minimum atomic E-state index is 0.208. The van der Waals surface area contributed by atoms with Crippen molar-refractivity contribution in [3.63, 3.8) is 0 Å². The summed E-state index contributed by atoms with van der Waals surface area (Å²) in [5, 5.41) is 16.8. The van der Waals surface area contributed by atoms with Crippen molar-refractivity contribution in [1.82, 2.24) is 5.32 Å². The number of thiophene rings is 2. The standard InChI is InChI=1S/C13H17NOS2/c1-2-11(8-15)14-7-12-6-10(9-17-12)13-4-3-5-16-13/h3-6,9,11,14-15H,2,7-8H2,1H3. The molecule has 0 aliphatic carbocycles. The average Bonchev–Trinajstić information content (AvgIpc) is 3.01. The second-order valence-electron chi connectivity index (χ2n) is 3.95. The summed E-state index contributed by atoms with van der Waals surface area (Å²) in [5.74, 6) is 0. The fourth-order valence-electron chi connectivity index (χ4n) is 1.63. The van der Waals surface area contributed by atoms with Crippen LogP contribution in [-0.4, -0.2) is 17.8 Å². The monoisotopic (exact) mass is 267 g/mol. The van der Waals surface area contributed by atoms with Crippen LogP contribution in [0.1, 0.15) is 18.2 Å². The zero-order valence-electron chi connectivity index (χ0n) is 9.85. The molecule has 0 aliphatic heterocycles. The Morgan fingerprint density at radius 3 is 2.94 bits per heavy atom. The van der Waals surface area contributed by atoms with Gasteiger partial charge in [0.05, 0.1) is 6.61 Å². The molecule has 1 unspecified atom stereocenters. The van der Waals surface area contributed by atoms with E-state index in [2.05, 4.69) is 41.2 Å². The van der Waals surface area contributed by atoms with E-state index in [1.54, 1.807) is 22.7 Å². The third kappa shape index (κ3) is 3.39. The molecule has 2 aromatic heterocycles. The lowest BCUT2D eigenvalue weighted by Crippen LogP contribution is -2.30. The van der Waals surface area contributed by atoms with Gasteiger partial charge >= 0.3 is 0 Å². The smallest absolute Gasteiger partial charge is 0.0584 e. The highest BCUT2D eigenvalue weighted by Crippen LogP contribution is 2.29. The highest BCUT2D eigenvalue weighted by Gasteiger charge is 2.06. The van der Waals surface area contributed by atoms with E-state index >= 15 is 0 Å². The zero-order valence-corrected chi connectivity index (χ0v) is 11.5. The first kappa shape index (κ1) is 12.8. The van der Waals surface area contributed by atoms with Crippen molar-refractivity contribution in [2.45, 2.75) is 25.9 Å². The van der Waals surface area contributed by atoms with Gasteiger partial charge in [0.2, 0.25) is 0 Å². The highest BCUT2D eigenvalue weighted by atomic mass is 32.1. The number of aliphatic hydroxyl groups is 1. The van der Waals surface area contributed by atoms with Gasteiger partial charge in [-0.2, -0.15) is 0 Å². The summed E-state index contributed by atoms with van der Waals surface area (Å²) in [7, 11) is 0. The zero-order chi connectivity index (χ0) is 12.1. The Labute approximate surface area is 110 Å². The van der Waals surface area contributed by atoms with Crippen LogP contribution in [0.5, 0.6) is 0 Å². The Balaban J connectivity index is 1.95. The summed E-state index contributed by atoms with van der Waals surface area (Å²) in [4.78, 5) is 2.64. The second kappa shape index (κ2) is 6.31. The van der Waals surface area contributed by atoms with Gasteiger partial charge in [-0.15, -0.1) is 22.7 Å². The van der Waals surface area contributed by atoms with Gasteiger partial charge in [-0.1, -0.05) is 13.0 Å². The molecular formula is C13H17NOS2. The lowest BCUT2D eigenvalue weighted by molar-refractivity contribution is 0.238. The molecule has 92 valence electrons. The van der Waals surface area contributed by atoms with Gasteiger partial charge in [-0.3, -0.25) is 0 Å². The second-order valence-corrected chi connectivity index (χ2v) is 5.89. The molecule has 0 bridgehead atoms. The predicted molar refractivity (Wildman–Crippen MR) is 75.6 cm³/mol. The number of aliphatic hydroxyl groups excluding tert-OH is 1. The van der Waals surface area contributed by atoms with Crippen LogP contribution in [0.25, 0.3) is 10.4 Å². The number of rotatable bonds is 6. The van der Waals surface area contributed by atoms with Gasteiger partial charge in [-0.25, -0.2) is 0 Å². The van der Waals surface area contributed by atoms with Crippen LogP contribution in [-0.2, 0) is 6.54 Å². The lowest BCUT2D eigenvalue weighted by Gasteiger charge is -2.12. The molecule has 0 aromatic carbocycles.